The molecule has 0 unspecified atom stereocenters. The second-order valence-corrected chi connectivity index (χ2v) is 5.00. The number of H-pyrrole nitrogens is 1. The van der Waals surface area contributed by atoms with Crippen molar-refractivity contribution in [2.24, 2.45) is 0 Å². The van der Waals surface area contributed by atoms with Crippen LogP contribution in [-0.4, -0.2) is 15.4 Å². The standard InChI is InChI=1S/C7H10Cl3N3/c1-2-3-4-5-6(7(8,9)10)12-13-11-5/h2-4H2,1H3,(H,11,12,13). The summed E-state index contributed by atoms with van der Waals surface area (Å²) < 4.78 is -1.48. The Labute approximate surface area is 91.8 Å². The summed E-state index contributed by atoms with van der Waals surface area (Å²) in [5, 5.41) is 10.2. The van der Waals surface area contributed by atoms with Crippen molar-refractivity contribution in [3.05, 3.63) is 11.4 Å². The second kappa shape index (κ2) is 4.49. The van der Waals surface area contributed by atoms with Crippen molar-refractivity contribution in [3.8, 4) is 0 Å². The molecule has 1 heterocycles. The Bertz CT molecular complexity index is 266. The normalized spacial score (nSPS) is 12.0. The number of hydrogen-bond acceptors (Lipinski definition) is 2. The molecule has 0 saturated heterocycles. The highest BCUT2D eigenvalue weighted by atomic mass is 35.6. The first-order valence-electron chi connectivity index (χ1n) is 4.02. The van der Waals surface area contributed by atoms with Crippen LogP contribution in [0.4, 0.5) is 0 Å². The molecule has 0 aliphatic heterocycles. The minimum absolute atomic E-state index is 0.408. The maximum Gasteiger partial charge on any atom is 0.236 e. The number of aryl methyl sites for hydroxylation is 1. The molecule has 0 radical (unpaired) electrons. The van der Waals surface area contributed by atoms with E-state index in [0.717, 1.165) is 25.0 Å². The number of halogens is 3. The smallest absolute Gasteiger partial charge is 0.197 e. The van der Waals surface area contributed by atoms with Gasteiger partial charge < -0.3 is 0 Å². The van der Waals surface area contributed by atoms with Crippen LogP contribution in [0, 0.1) is 0 Å². The molecule has 0 aliphatic rings. The van der Waals surface area contributed by atoms with Crippen LogP contribution in [0.3, 0.4) is 0 Å². The van der Waals surface area contributed by atoms with E-state index in [-0.39, 0.29) is 0 Å². The lowest BCUT2D eigenvalue weighted by Crippen LogP contribution is -2.05. The Hall–Kier alpha value is 0.01000. The van der Waals surface area contributed by atoms with Crippen molar-refractivity contribution in [2.75, 3.05) is 0 Å². The van der Waals surface area contributed by atoms with Crippen molar-refractivity contribution < 1.29 is 0 Å². The van der Waals surface area contributed by atoms with Gasteiger partial charge in [-0.3, -0.25) is 0 Å². The summed E-state index contributed by atoms with van der Waals surface area (Å²) in [4.78, 5) is 0. The van der Waals surface area contributed by atoms with Gasteiger partial charge in [0.25, 0.3) is 0 Å². The summed E-state index contributed by atoms with van der Waals surface area (Å²) in [6, 6.07) is 0. The van der Waals surface area contributed by atoms with Crippen molar-refractivity contribution in [1.29, 1.82) is 0 Å². The van der Waals surface area contributed by atoms with Gasteiger partial charge in [-0.15, -0.1) is 0 Å². The number of aromatic nitrogens is 3. The van der Waals surface area contributed by atoms with E-state index in [4.69, 9.17) is 34.8 Å². The number of alkyl halides is 3. The van der Waals surface area contributed by atoms with E-state index < -0.39 is 3.79 Å². The molecular formula is C7H10Cl3N3. The van der Waals surface area contributed by atoms with Gasteiger partial charge in [0, 0.05) is 0 Å². The summed E-state index contributed by atoms with van der Waals surface area (Å²) in [6.45, 7) is 2.09. The number of nitrogens with zero attached hydrogens (tertiary/aromatic N) is 2. The Balaban J connectivity index is 2.77. The first-order chi connectivity index (χ1) is 6.05. The third-order valence-electron chi connectivity index (χ3n) is 1.66. The molecule has 0 saturated carbocycles. The third kappa shape index (κ3) is 3.01. The third-order valence-corrected chi connectivity index (χ3v) is 2.19. The maximum atomic E-state index is 5.69. The molecule has 13 heavy (non-hydrogen) atoms. The fraction of sp³-hybridized carbons (Fsp3) is 0.714. The van der Waals surface area contributed by atoms with Crippen LogP contribution < -0.4 is 0 Å². The molecule has 0 fully saturated rings. The van der Waals surface area contributed by atoms with Crippen LogP contribution in [0.5, 0.6) is 0 Å². The molecule has 74 valence electrons. The van der Waals surface area contributed by atoms with E-state index in [2.05, 4.69) is 22.3 Å². The van der Waals surface area contributed by atoms with Crippen LogP contribution >= 0.6 is 34.8 Å². The van der Waals surface area contributed by atoms with E-state index >= 15 is 0 Å². The second-order valence-electron chi connectivity index (χ2n) is 2.72. The van der Waals surface area contributed by atoms with E-state index in [0.29, 0.717) is 5.69 Å². The molecule has 0 aliphatic carbocycles. The molecular weight excluding hydrogens is 232 g/mol. The van der Waals surface area contributed by atoms with Crippen molar-refractivity contribution in [3.63, 3.8) is 0 Å². The Morgan fingerprint density at radius 3 is 2.54 bits per heavy atom. The number of nitrogens with one attached hydrogen (secondary N) is 1. The number of unbranched alkanes of at least 4 members (excludes halogenated alkanes) is 1. The number of aromatic amines is 1. The van der Waals surface area contributed by atoms with Gasteiger partial charge in [0.2, 0.25) is 3.79 Å². The highest BCUT2D eigenvalue weighted by Crippen LogP contribution is 2.38. The van der Waals surface area contributed by atoms with Gasteiger partial charge in [0.15, 0.2) is 0 Å². The highest BCUT2D eigenvalue weighted by Gasteiger charge is 2.29. The molecule has 0 aromatic carbocycles. The van der Waals surface area contributed by atoms with Crippen molar-refractivity contribution >= 4 is 34.8 Å². The molecule has 3 nitrogen and oxygen atoms in total. The highest BCUT2D eigenvalue weighted by molar-refractivity contribution is 6.66. The zero-order chi connectivity index (χ0) is 9.90. The van der Waals surface area contributed by atoms with Gasteiger partial charge in [-0.25, -0.2) is 0 Å². The predicted molar refractivity (Wildman–Crippen MR) is 54.2 cm³/mol. The topological polar surface area (TPSA) is 41.6 Å². The first kappa shape index (κ1) is 11.1. The summed E-state index contributed by atoms with van der Waals surface area (Å²) in [7, 11) is 0. The molecule has 6 heteroatoms. The van der Waals surface area contributed by atoms with Crippen LogP contribution in [-0.2, 0) is 10.2 Å². The van der Waals surface area contributed by atoms with Gasteiger partial charge in [-0.05, 0) is 12.8 Å². The summed E-state index contributed by atoms with van der Waals surface area (Å²) >= 11 is 17.1. The molecule has 0 atom stereocenters. The summed E-state index contributed by atoms with van der Waals surface area (Å²) in [5.41, 5.74) is 1.15. The van der Waals surface area contributed by atoms with Gasteiger partial charge >= 0.3 is 0 Å². The molecule has 1 aromatic rings. The van der Waals surface area contributed by atoms with E-state index in [9.17, 15) is 0 Å². The van der Waals surface area contributed by atoms with Crippen LogP contribution in [0.1, 0.15) is 31.2 Å². The Morgan fingerprint density at radius 2 is 2.00 bits per heavy atom. The van der Waals surface area contributed by atoms with Gasteiger partial charge in [-0.2, -0.15) is 15.4 Å². The zero-order valence-electron chi connectivity index (χ0n) is 7.15. The fourth-order valence-corrected chi connectivity index (χ4v) is 1.45. The van der Waals surface area contributed by atoms with Gasteiger partial charge in [-0.1, -0.05) is 48.1 Å². The van der Waals surface area contributed by atoms with E-state index in [1.54, 1.807) is 0 Å². The first-order valence-corrected chi connectivity index (χ1v) is 5.16. The average molecular weight is 243 g/mol. The minimum atomic E-state index is -1.48. The lowest BCUT2D eigenvalue weighted by atomic mass is 10.2. The molecule has 0 amide bonds. The minimum Gasteiger partial charge on any atom is -0.197 e. The van der Waals surface area contributed by atoms with E-state index in [1.807, 2.05) is 0 Å². The summed E-state index contributed by atoms with van der Waals surface area (Å²) in [5.74, 6) is 0. The number of hydrogen-bond donors (Lipinski definition) is 1. The lowest BCUT2D eigenvalue weighted by molar-refractivity contribution is 0.765. The fourth-order valence-electron chi connectivity index (χ4n) is 0.998. The molecule has 1 rings (SSSR count). The van der Waals surface area contributed by atoms with Crippen LogP contribution in [0.15, 0.2) is 0 Å². The average Bonchev–Trinajstić information content (AvgIpc) is 2.47. The van der Waals surface area contributed by atoms with E-state index in [1.165, 1.54) is 0 Å². The molecule has 0 bridgehead atoms. The van der Waals surface area contributed by atoms with Gasteiger partial charge in [0.1, 0.15) is 5.69 Å². The van der Waals surface area contributed by atoms with Crippen molar-refractivity contribution in [1.82, 2.24) is 15.4 Å². The van der Waals surface area contributed by atoms with Crippen molar-refractivity contribution in [2.45, 2.75) is 30.0 Å². The van der Waals surface area contributed by atoms with Crippen LogP contribution in [0.25, 0.3) is 0 Å². The monoisotopic (exact) mass is 241 g/mol. The Morgan fingerprint density at radius 1 is 1.31 bits per heavy atom. The molecule has 1 N–H and O–H groups in total. The molecule has 0 spiro atoms. The SMILES string of the molecule is CCCCc1n[nH]nc1C(Cl)(Cl)Cl. The zero-order valence-corrected chi connectivity index (χ0v) is 9.42. The maximum absolute atomic E-state index is 5.69. The quantitative estimate of drug-likeness (QED) is 0.828. The molecule has 1 aromatic heterocycles. The lowest BCUT2D eigenvalue weighted by Gasteiger charge is -2.07. The van der Waals surface area contributed by atoms with Gasteiger partial charge in [0.05, 0.1) is 5.69 Å². The number of rotatable bonds is 3. The predicted octanol–water partition coefficient (Wildman–Crippen LogP) is 2.97. The summed E-state index contributed by atoms with van der Waals surface area (Å²) in [6.07, 6.45) is 2.88. The van der Waals surface area contributed by atoms with Crippen LogP contribution in [0.2, 0.25) is 0 Å². The largest absolute Gasteiger partial charge is 0.236 e. The Kier molecular flexibility index (Phi) is 3.83.